The Morgan fingerprint density at radius 1 is 1.27 bits per heavy atom. The molecule has 0 fully saturated rings. The quantitative estimate of drug-likeness (QED) is 0.790. The Hall–Kier alpha value is -0.890. The highest BCUT2D eigenvalue weighted by molar-refractivity contribution is 5.20. The molecule has 0 bridgehead atoms. The first-order valence-electron chi connectivity index (χ1n) is 5.54. The Balaban J connectivity index is 2.64. The maximum absolute atomic E-state index is 13.8. The fourth-order valence-electron chi connectivity index (χ4n) is 1.73. The van der Waals surface area contributed by atoms with Gasteiger partial charge in [-0.1, -0.05) is 50.6 Å². The third-order valence-electron chi connectivity index (χ3n) is 2.76. The zero-order chi connectivity index (χ0) is 11.3. The Bertz CT molecular complexity index is 273. The summed E-state index contributed by atoms with van der Waals surface area (Å²) in [6.07, 6.45) is -0.681. The maximum atomic E-state index is 13.8. The predicted molar refractivity (Wildman–Crippen MR) is 60.7 cm³/mol. The van der Waals surface area contributed by atoms with Crippen molar-refractivity contribution in [1.29, 1.82) is 0 Å². The van der Waals surface area contributed by atoms with E-state index in [1.807, 2.05) is 44.2 Å². The van der Waals surface area contributed by atoms with Gasteiger partial charge in [-0.15, -0.1) is 0 Å². The van der Waals surface area contributed by atoms with E-state index in [0.717, 1.165) is 12.0 Å². The summed E-state index contributed by atoms with van der Waals surface area (Å²) >= 11 is 0. The van der Waals surface area contributed by atoms with Gasteiger partial charge in [-0.25, -0.2) is 4.39 Å². The molecule has 0 amide bonds. The first kappa shape index (κ1) is 12.2. The Kier molecular flexibility index (Phi) is 4.76. The minimum Gasteiger partial charge on any atom is -0.390 e. The Morgan fingerprint density at radius 3 is 2.40 bits per heavy atom. The van der Waals surface area contributed by atoms with Gasteiger partial charge in [-0.05, 0) is 12.0 Å². The van der Waals surface area contributed by atoms with Crippen molar-refractivity contribution in [2.45, 2.75) is 44.9 Å². The van der Waals surface area contributed by atoms with E-state index in [4.69, 9.17) is 0 Å². The molecule has 0 saturated carbocycles. The van der Waals surface area contributed by atoms with Crippen molar-refractivity contribution in [3.05, 3.63) is 35.9 Å². The van der Waals surface area contributed by atoms with Crippen molar-refractivity contribution in [2.24, 2.45) is 0 Å². The van der Waals surface area contributed by atoms with Crippen LogP contribution in [0.4, 0.5) is 4.39 Å². The monoisotopic (exact) mass is 210 g/mol. The van der Waals surface area contributed by atoms with Crippen LogP contribution in [0.15, 0.2) is 30.3 Å². The summed E-state index contributed by atoms with van der Waals surface area (Å²) in [6, 6.07) is 9.49. The van der Waals surface area contributed by atoms with Crippen LogP contribution in [-0.4, -0.2) is 17.4 Å². The number of halogens is 1. The molecular weight excluding hydrogens is 191 g/mol. The van der Waals surface area contributed by atoms with Crippen LogP contribution in [0.25, 0.3) is 0 Å². The van der Waals surface area contributed by atoms with E-state index >= 15 is 0 Å². The SMILES string of the molecule is CCC[C@H](O)[C@@H](F)C(C)c1ccccc1. The van der Waals surface area contributed by atoms with Crippen LogP contribution in [0, 0.1) is 0 Å². The van der Waals surface area contributed by atoms with Crippen molar-refractivity contribution in [2.75, 3.05) is 0 Å². The van der Waals surface area contributed by atoms with Crippen LogP contribution in [0.5, 0.6) is 0 Å². The molecule has 0 aliphatic rings. The highest BCUT2D eigenvalue weighted by Crippen LogP contribution is 2.25. The molecule has 3 atom stereocenters. The lowest BCUT2D eigenvalue weighted by atomic mass is 9.92. The second-order valence-corrected chi connectivity index (χ2v) is 4.00. The lowest BCUT2D eigenvalue weighted by Gasteiger charge is -2.21. The Labute approximate surface area is 90.9 Å². The summed E-state index contributed by atoms with van der Waals surface area (Å²) < 4.78 is 13.8. The molecule has 0 spiro atoms. The zero-order valence-electron chi connectivity index (χ0n) is 9.36. The first-order valence-corrected chi connectivity index (χ1v) is 5.54. The summed E-state index contributed by atoms with van der Waals surface area (Å²) in [5.74, 6) is -0.243. The lowest BCUT2D eigenvalue weighted by molar-refractivity contribution is 0.0574. The molecule has 2 heteroatoms. The van der Waals surface area contributed by atoms with Gasteiger partial charge in [0.15, 0.2) is 0 Å². The molecule has 1 unspecified atom stereocenters. The predicted octanol–water partition coefficient (Wildman–Crippen LogP) is 3.29. The van der Waals surface area contributed by atoms with Crippen LogP contribution >= 0.6 is 0 Å². The summed E-state index contributed by atoms with van der Waals surface area (Å²) in [4.78, 5) is 0. The van der Waals surface area contributed by atoms with Gasteiger partial charge in [0, 0.05) is 5.92 Å². The molecule has 0 heterocycles. The average molecular weight is 210 g/mol. The summed E-state index contributed by atoms with van der Waals surface area (Å²) in [6.45, 7) is 3.77. The van der Waals surface area contributed by atoms with Gasteiger partial charge >= 0.3 is 0 Å². The van der Waals surface area contributed by atoms with E-state index in [-0.39, 0.29) is 5.92 Å². The molecule has 1 N–H and O–H groups in total. The fourth-order valence-corrected chi connectivity index (χ4v) is 1.73. The highest BCUT2D eigenvalue weighted by Gasteiger charge is 2.25. The van der Waals surface area contributed by atoms with Gasteiger partial charge in [0.1, 0.15) is 6.17 Å². The summed E-state index contributed by atoms with van der Waals surface area (Å²) in [5.41, 5.74) is 0.945. The van der Waals surface area contributed by atoms with Gasteiger partial charge in [0.05, 0.1) is 6.10 Å². The fraction of sp³-hybridized carbons (Fsp3) is 0.538. The second kappa shape index (κ2) is 5.86. The number of alkyl halides is 1. The average Bonchev–Trinajstić information content (AvgIpc) is 2.28. The van der Waals surface area contributed by atoms with Gasteiger partial charge in [-0.3, -0.25) is 0 Å². The molecule has 1 nitrogen and oxygen atoms in total. The topological polar surface area (TPSA) is 20.2 Å². The summed E-state index contributed by atoms with van der Waals surface area (Å²) in [5, 5.41) is 9.57. The van der Waals surface area contributed by atoms with Crippen LogP contribution in [-0.2, 0) is 0 Å². The standard InChI is InChI=1S/C13H19FO/c1-3-7-12(15)13(14)10(2)11-8-5-4-6-9-11/h4-6,8-10,12-13,15H,3,7H2,1-2H3/t10?,12-,13-/m0/s1. The normalized spacial score (nSPS) is 17.1. The maximum Gasteiger partial charge on any atom is 0.132 e. The van der Waals surface area contributed by atoms with Crippen LogP contribution in [0.3, 0.4) is 0 Å². The van der Waals surface area contributed by atoms with Gasteiger partial charge < -0.3 is 5.11 Å². The van der Waals surface area contributed by atoms with Gasteiger partial charge in [-0.2, -0.15) is 0 Å². The van der Waals surface area contributed by atoms with Gasteiger partial charge in [0.2, 0.25) is 0 Å². The molecule has 15 heavy (non-hydrogen) atoms. The van der Waals surface area contributed by atoms with Crippen molar-refractivity contribution in [3.8, 4) is 0 Å². The van der Waals surface area contributed by atoms with E-state index in [1.165, 1.54) is 0 Å². The summed E-state index contributed by atoms with van der Waals surface area (Å²) in [7, 11) is 0. The highest BCUT2D eigenvalue weighted by atomic mass is 19.1. The van der Waals surface area contributed by atoms with Crippen LogP contribution < -0.4 is 0 Å². The van der Waals surface area contributed by atoms with E-state index in [0.29, 0.717) is 6.42 Å². The van der Waals surface area contributed by atoms with Crippen molar-refractivity contribution < 1.29 is 9.50 Å². The third kappa shape index (κ3) is 3.31. The molecule has 84 valence electrons. The Morgan fingerprint density at radius 2 is 1.87 bits per heavy atom. The van der Waals surface area contributed by atoms with E-state index in [9.17, 15) is 9.50 Å². The molecule has 0 aliphatic carbocycles. The van der Waals surface area contributed by atoms with E-state index in [2.05, 4.69) is 0 Å². The number of aliphatic hydroxyl groups excluding tert-OH is 1. The van der Waals surface area contributed by atoms with Crippen molar-refractivity contribution >= 4 is 0 Å². The van der Waals surface area contributed by atoms with Crippen LogP contribution in [0.1, 0.15) is 38.2 Å². The zero-order valence-corrected chi connectivity index (χ0v) is 9.36. The largest absolute Gasteiger partial charge is 0.390 e. The molecule has 0 aromatic heterocycles. The first-order chi connectivity index (χ1) is 7.16. The third-order valence-corrected chi connectivity index (χ3v) is 2.76. The molecule has 1 aromatic rings. The van der Waals surface area contributed by atoms with Crippen LogP contribution in [0.2, 0.25) is 0 Å². The molecular formula is C13H19FO. The smallest absolute Gasteiger partial charge is 0.132 e. The van der Waals surface area contributed by atoms with Crippen molar-refractivity contribution in [1.82, 2.24) is 0 Å². The van der Waals surface area contributed by atoms with Gasteiger partial charge in [0.25, 0.3) is 0 Å². The molecule has 0 aliphatic heterocycles. The second-order valence-electron chi connectivity index (χ2n) is 4.00. The number of benzene rings is 1. The van der Waals surface area contributed by atoms with E-state index < -0.39 is 12.3 Å². The number of aliphatic hydroxyl groups is 1. The number of rotatable bonds is 5. The molecule has 0 radical (unpaired) electrons. The molecule has 1 aromatic carbocycles. The lowest BCUT2D eigenvalue weighted by Crippen LogP contribution is -2.26. The minimum absolute atomic E-state index is 0.243. The molecule has 0 saturated heterocycles. The van der Waals surface area contributed by atoms with Crippen molar-refractivity contribution in [3.63, 3.8) is 0 Å². The minimum atomic E-state index is -1.17. The number of hydrogen-bond donors (Lipinski definition) is 1. The molecule has 1 rings (SSSR count). The number of hydrogen-bond acceptors (Lipinski definition) is 1. The van der Waals surface area contributed by atoms with E-state index in [1.54, 1.807) is 0 Å².